The van der Waals surface area contributed by atoms with Crippen molar-refractivity contribution in [3.8, 4) is 17.6 Å². The zero-order valence-corrected chi connectivity index (χ0v) is 32.0. The van der Waals surface area contributed by atoms with Gasteiger partial charge in [-0.1, -0.05) is 71.6 Å². The third kappa shape index (κ3) is 11.3. The second kappa shape index (κ2) is 18.5. The van der Waals surface area contributed by atoms with Gasteiger partial charge in [0.25, 0.3) is 0 Å². The molecule has 0 bridgehead atoms. The number of carbonyl (C=O) groups excluding carboxylic acids is 3. The lowest BCUT2D eigenvalue weighted by atomic mass is 9.65. The van der Waals surface area contributed by atoms with Crippen LogP contribution in [0, 0.1) is 35.0 Å². The Labute approximate surface area is 303 Å². The van der Waals surface area contributed by atoms with E-state index in [2.05, 4.69) is 65.5 Å². The van der Waals surface area contributed by atoms with Crippen LogP contribution in [0.25, 0.3) is 0 Å². The molecule has 2 unspecified atom stereocenters. The number of esters is 3. The van der Waals surface area contributed by atoms with E-state index >= 15 is 0 Å². The molecule has 1 N–H and O–H groups in total. The Hall–Kier alpha value is -3.91. The second-order valence-corrected chi connectivity index (χ2v) is 14.4. The number of methoxy groups -OCH3 is 1. The van der Waals surface area contributed by atoms with Crippen molar-refractivity contribution in [1.29, 1.82) is 0 Å². The van der Waals surface area contributed by atoms with E-state index in [1.54, 1.807) is 6.07 Å². The van der Waals surface area contributed by atoms with Crippen molar-refractivity contribution in [3.05, 3.63) is 64.7 Å². The summed E-state index contributed by atoms with van der Waals surface area (Å²) in [6, 6.07) is 13.8. The molecule has 1 saturated heterocycles. The van der Waals surface area contributed by atoms with Crippen LogP contribution in [0.4, 0.5) is 0 Å². The molecule has 10 heteroatoms. The van der Waals surface area contributed by atoms with Crippen molar-refractivity contribution >= 4 is 17.9 Å². The van der Waals surface area contributed by atoms with Gasteiger partial charge in [-0.15, -0.1) is 0 Å². The molecule has 1 aliphatic heterocycles. The van der Waals surface area contributed by atoms with Crippen LogP contribution in [0.15, 0.2) is 42.5 Å². The summed E-state index contributed by atoms with van der Waals surface area (Å²) in [5, 5.41) is 10.3. The first-order chi connectivity index (χ1) is 24.0. The van der Waals surface area contributed by atoms with Crippen LogP contribution in [-0.4, -0.2) is 67.4 Å². The van der Waals surface area contributed by atoms with Crippen molar-refractivity contribution in [3.63, 3.8) is 0 Å². The largest absolute Gasteiger partial charge is 0.496 e. The lowest BCUT2D eigenvalue weighted by Crippen LogP contribution is -2.59. The first-order valence-electron chi connectivity index (χ1n) is 17.7. The van der Waals surface area contributed by atoms with Gasteiger partial charge in [0, 0.05) is 37.3 Å². The Balaban J connectivity index is 2.02. The zero-order chi connectivity index (χ0) is 38.0. The maximum Gasteiger partial charge on any atom is 0.303 e. The highest BCUT2D eigenvalue weighted by atomic mass is 16.7. The highest BCUT2D eigenvalue weighted by Gasteiger charge is 2.52. The maximum atomic E-state index is 12.4. The lowest BCUT2D eigenvalue weighted by Gasteiger charge is -2.45. The van der Waals surface area contributed by atoms with E-state index in [-0.39, 0.29) is 12.0 Å². The van der Waals surface area contributed by atoms with Crippen LogP contribution < -0.4 is 4.74 Å². The normalized spacial score (nSPS) is 21.1. The molecule has 6 atom stereocenters. The molecule has 0 aromatic heterocycles. The smallest absolute Gasteiger partial charge is 0.303 e. The maximum absolute atomic E-state index is 12.4. The fraction of sp³-hybridized carbons (Fsp3) is 0.585. The Morgan fingerprint density at radius 1 is 0.824 bits per heavy atom. The molecule has 0 aliphatic carbocycles. The molecule has 1 heterocycles. The topological polar surface area (TPSA) is 127 Å². The van der Waals surface area contributed by atoms with Crippen LogP contribution in [0.3, 0.4) is 0 Å². The fourth-order valence-corrected chi connectivity index (χ4v) is 6.93. The molecule has 2 aromatic carbocycles. The number of aliphatic hydroxyl groups excluding tert-OH is 1. The van der Waals surface area contributed by atoms with Gasteiger partial charge in [0.2, 0.25) is 0 Å². The number of ether oxygens (including phenoxy) is 6. The Morgan fingerprint density at radius 2 is 1.41 bits per heavy atom. The van der Waals surface area contributed by atoms with Gasteiger partial charge in [-0.2, -0.15) is 0 Å². The molecular formula is C41H56O10. The van der Waals surface area contributed by atoms with Crippen molar-refractivity contribution in [1.82, 2.24) is 0 Å². The van der Waals surface area contributed by atoms with Gasteiger partial charge in [-0.05, 0) is 72.9 Å². The third-order valence-corrected chi connectivity index (χ3v) is 9.25. The van der Waals surface area contributed by atoms with Crippen LogP contribution in [-0.2, 0) is 44.5 Å². The van der Waals surface area contributed by atoms with E-state index in [9.17, 15) is 19.5 Å². The van der Waals surface area contributed by atoms with Crippen molar-refractivity contribution < 1.29 is 47.9 Å². The molecule has 0 amide bonds. The summed E-state index contributed by atoms with van der Waals surface area (Å²) in [6.45, 7) is 18.3. The molecule has 1 aliphatic rings. The number of rotatable bonds is 14. The van der Waals surface area contributed by atoms with E-state index in [1.165, 1.54) is 34.8 Å². The molecule has 2 aromatic rings. The molecule has 3 rings (SSSR count). The Morgan fingerprint density at radius 3 is 1.92 bits per heavy atom. The van der Waals surface area contributed by atoms with E-state index in [0.717, 1.165) is 23.1 Å². The summed E-state index contributed by atoms with van der Waals surface area (Å²) >= 11 is 0. The van der Waals surface area contributed by atoms with Gasteiger partial charge >= 0.3 is 17.9 Å². The molecule has 0 spiro atoms. The van der Waals surface area contributed by atoms with Crippen LogP contribution >= 0.6 is 0 Å². The SMILES string of the molecule is COc1ccc(Cc2ccc(C#CC(CC(C)C)(C(C)C)C(C)C)cc2)cc1[C@@H]1OC(COC(C)=O)[C@@H](OC(C)=O)[C@H](OC(C)O)[C@H]1OC(C)=O. The van der Waals surface area contributed by atoms with E-state index in [0.29, 0.717) is 35.5 Å². The van der Waals surface area contributed by atoms with E-state index in [1.807, 2.05) is 24.3 Å². The van der Waals surface area contributed by atoms with E-state index < -0.39 is 54.7 Å². The van der Waals surface area contributed by atoms with Crippen molar-refractivity contribution in [2.45, 2.75) is 119 Å². The van der Waals surface area contributed by atoms with Crippen molar-refractivity contribution in [2.24, 2.45) is 23.2 Å². The van der Waals surface area contributed by atoms with E-state index in [4.69, 9.17) is 28.4 Å². The standard InChI is InChI=1S/C41H56O10/c1-24(2)22-41(25(3)4,26(5)6)19-18-31-12-14-32(15-13-31)20-33-16-17-35(46-11)34(21-33)37-39(49-29(9)44)40(50-30(10)45)38(48-28(8)43)36(51-37)23-47-27(7)42/h12-17,21,24-26,30,36-40,45H,20,22-23H2,1-11H3/t30?,36?,37-,38+,39-,40-/m0/s1. The van der Waals surface area contributed by atoms with Crippen LogP contribution in [0.1, 0.15) is 104 Å². The van der Waals surface area contributed by atoms with Gasteiger partial charge in [0.1, 0.15) is 30.7 Å². The Bertz CT molecular complexity index is 1520. The fourth-order valence-electron chi connectivity index (χ4n) is 6.93. The zero-order valence-electron chi connectivity index (χ0n) is 32.0. The minimum Gasteiger partial charge on any atom is -0.496 e. The molecule has 1 fully saturated rings. The number of benzene rings is 2. The van der Waals surface area contributed by atoms with Gasteiger partial charge in [0.15, 0.2) is 18.5 Å². The second-order valence-electron chi connectivity index (χ2n) is 14.4. The number of aliphatic hydroxyl groups is 1. The van der Waals surface area contributed by atoms with Crippen molar-refractivity contribution in [2.75, 3.05) is 13.7 Å². The number of hydrogen-bond donors (Lipinski definition) is 1. The average molecular weight is 709 g/mol. The third-order valence-electron chi connectivity index (χ3n) is 9.25. The summed E-state index contributed by atoms with van der Waals surface area (Å²) in [5.41, 5.74) is 3.37. The average Bonchev–Trinajstić information content (AvgIpc) is 3.03. The predicted octanol–water partition coefficient (Wildman–Crippen LogP) is 6.57. The summed E-state index contributed by atoms with van der Waals surface area (Å²) in [7, 11) is 1.51. The van der Waals surface area contributed by atoms with Crippen LogP contribution in [0.2, 0.25) is 0 Å². The summed E-state index contributed by atoms with van der Waals surface area (Å²) < 4.78 is 34.6. The lowest BCUT2D eigenvalue weighted by molar-refractivity contribution is -0.281. The molecular weight excluding hydrogens is 652 g/mol. The minimum atomic E-state index is -1.33. The molecule has 0 saturated carbocycles. The van der Waals surface area contributed by atoms with Gasteiger partial charge in [-0.3, -0.25) is 14.4 Å². The predicted molar refractivity (Wildman–Crippen MR) is 193 cm³/mol. The molecule has 280 valence electrons. The highest BCUT2D eigenvalue weighted by Crippen LogP contribution is 2.43. The van der Waals surface area contributed by atoms with Gasteiger partial charge < -0.3 is 33.5 Å². The van der Waals surface area contributed by atoms with Crippen LogP contribution in [0.5, 0.6) is 5.75 Å². The quantitative estimate of drug-likeness (QED) is 0.0997. The number of carbonyl (C=O) groups is 3. The summed E-state index contributed by atoms with van der Waals surface area (Å²) in [5.74, 6) is 7.09. The molecule has 10 nitrogen and oxygen atoms in total. The van der Waals surface area contributed by atoms with Gasteiger partial charge in [0.05, 0.1) is 7.11 Å². The molecule has 0 radical (unpaired) electrons. The first-order valence-corrected chi connectivity index (χ1v) is 17.7. The minimum absolute atomic E-state index is 0.0772. The number of hydrogen-bond acceptors (Lipinski definition) is 10. The first kappa shape index (κ1) is 41.5. The molecule has 51 heavy (non-hydrogen) atoms. The summed E-state index contributed by atoms with van der Waals surface area (Å²) in [6.07, 6.45) is -5.35. The monoisotopic (exact) mass is 708 g/mol. The van der Waals surface area contributed by atoms with Gasteiger partial charge in [-0.25, -0.2) is 0 Å². The summed E-state index contributed by atoms with van der Waals surface area (Å²) in [4.78, 5) is 36.4. The highest BCUT2D eigenvalue weighted by molar-refractivity contribution is 5.67. The Kier molecular flexibility index (Phi) is 15.1.